The normalized spacial score (nSPS) is 14.6. The highest BCUT2D eigenvalue weighted by atomic mass is 16.4. The van der Waals surface area contributed by atoms with Gasteiger partial charge in [-0.15, -0.1) is 0 Å². The molecule has 0 radical (unpaired) electrons. The number of carbonyl (C=O) groups excluding carboxylic acids is 4. The third-order valence-electron chi connectivity index (χ3n) is 7.60. The Hall–Kier alpha value is -6.17. The number of benzene rings is 4. The Morgan fingerprint density at radius 3 is 2.21 bits per heavy atom. The molecule has 12 heteroatoms. The van der Waals surface area contributed by atoms with Gasteiger partial charge in [0.15, 0.2) is 0 Å². The summed E-state index contributed by atoms with van der Waals surface area (Å²) in [5, 5.41) is 30.1. The first-order chi connectivity index (χ1) is 22.7. The van der Waals surface area contributed by atoms with Crippen LogP contribution in [0.5, 0.6) is 5.75 Å². The summed E-state index contributed by atoms with van der Waals surface area (Å²) >= 11 is 0. The van der Waals surface area contributed by atoms with E-state index in [1.165, 1.54) is 24.3 Å². The number of hydrogen-bond acceptors (Lipinski definition) is 6. The second-order valence-electron chi connectivity index (χ2n) is 11.0. The molecule has 0 aromatic heterocycles. The Balaban J connectivity index is 1.40. The fraction of sp³-hybridized carbons (Fsp3) is 0.171. The highest BCUT2D eigenvalue weighted by Crippen LogP contribution is 2.28. The van der Waals surface area contributed by atoms with Crippen LogP contribution in [-0.4, -0.2) is 57.4 Å². The lowest BCUT2D eigenvalue weighted by Crippen LogP contribution is -2.51. The number of nitrogens with zero attached hydrogens (tertiary/aromatic N) is 1. The molecule has 5 amide bonds. The van der Waals surface area contributed by atoms with Gasteiger partial charge in [-0.05, 0) is 47.0 Å². The van der Waals surface area contributed by atoms with E-state index < -0.39 is 54.8 Å². The first-order valence-electron chi connectivity index (χ1n) is 14.8. The van der Waals surface area contributed by atoms with Gasteiger partial charge in [0.05, 0.1) is 23.7 Å². The molecule has 0 spiro atoms. The zero-order valence-electron chi connectivity index (χ0n) is 25.2. The molecule has 12 nitrogen and oxygen atoms in total. The number of phenols is 1. The minimum atomic E-state index is -1.15. The Kier molecular flexibility index (Phi) is 10.1. The van der Waals surface area contributed by atoms with E-state index in [0.717, 1.165) is 10.5 Å². The highest BCUT2D eigenvalue weighted by molar-refractivity contribution is 6.11. The Morgan fingerprint density at radius 1 is 0.851 bits per heavy atom. The number of phenolic OH excluding ortho intramolecular Hbond substituents is 1. The molecule has 0 saturated heterocycles. The third-order valence-corrected chi connectivity index (χ3v) is 7.60. The minimum absolute atomic E-state index is 0.0172. The predicted molar refractivity (Wildman–Crippen MR) is 174 cm³/mol. The number of hydrogen-bond donors (Lipinski definition) is 6. The van der Waals surface area contributed by atoms with Crippen molar-refractivity contribution in [3.63, 3.8) is 0 Å². The van der Waals surface area contributed by atoms with Gasteiger partial charge in [-0.25, -0.2) is 4.79 Å². The number of anilines is 2. The maximum atomic E-state index is 14.1. The van der Waals surface area contributed by atoms with E-state index in [1.54, 1.807) is 48.5 Å². The summed E-state index contributed by atoms with van der Waals surface area (Å²) in [6, 6.07) is 25.9. The first-order valence-corrected chi connectivity index (χ1v) is 14.8. The van der Waals surface area contributed by atoms with Crippen LogP contribution in [0.15, 0.2) is 103 Å². The molecule has 4 aromatic carbocycles. The quantitative estimate of drug-likeness (QED) is 0.144. The number of aromatic hydroxyl groups is 1. The molecule has 0 aliphatic carbocycles. The van der Waals surface area contributed by atoms with Crippen LogP contribution < -0.4 is 21.3 Å². The fourth-order valence-corrected chi connectivity index (χ4v) is 5.26. The highest BCUT2D eigenvalue weighted by Gasteiger charge is 2.37. The van der Waals surface area contributed by atoms with Crippen LogP contribution in [-0.2, 0) is 27.3 Å². The fourth-order valence-electron chi connectivity index (χ4n) is 5.26. The van der Waals surface area contributed by atoms with Crippen molar-refractivity contribution in [1.82, 2.24) is 15.5 Å². The second-order valence-corrected chi connectivity index (χ2v) is 11.0. The van der Waals surface area contributed by atoms with Crippen LogP contribution in [0.4, 0.5) is 16.2 Å². The van der Waals surface area contributed by atoms with Gasteiger partial charge in [-0.1, -0.05) is 72.8 Å². The average Bonchev–Trinajstić information content (AvgIpc) is 3.15. The maximum absolute atomic E-state index is 14.1. The number of nitrogens with one attached hydrogen (secondary N) is 4. The molecule has 1 heterocycles. The molecular formula is C35H33N5O7. The summed E-state index contributed by atoms with van der Waals surface area (Å²) in [7, 11) is 0. The van der Waals surface area contributed by atoms with Crippen LogP contribution in [0.1, 0.15) is 39.5 Å². The summed E-state index contributed by atoms with van der Waals surface area (Å²) in [5.41, 5.74) is 2.61. The minimum Gasteiger partial charge on any atom is -0.508 e. The summed E-state index contributed by atoms with van der Waals surface area (Å²) < 4.78 is 0. The molecule has 47 heavy (non-hydrogen) atoms. The number of carboxylic acids is 1. The summed E-state index contributed by atoms with van der Waals surface area (Å²) in [4.78, 5) is 66.6. The number of amides is 5. The molecule has 0 fully saturated rings. The zero-order valence-corrected chi connectivity index (χ0v) is 25.2. The topological polar surface area (TPSA) is 177 Å². The number of carbonyl (C=O) groups is 5. The lowest BCUT2D eigenvalue weighted by atomic mass is 10.0. The first kappa shape index (κ1) is 32.2. The van der Waals surface area contributed by atoms with Gasteiger partial charge in [0, 0.05) is 18.7 Å². The number of aliphatic carboxylic acids is 1. The van der Waals surface area contributed by atoms with E-state index in [2.05, 4.69) is 21.3 Å². The van der Waals surface area contributed by atoms with Crippen molar-refractivity contribution in [3.05, 3.63) is 125 Å². The van der Waals surface area contributed by atoms with Crippen LogP contribution in [0.3, 0.4) is 0 Å². The molecule has 5 rings (SSSR count). The van der Waals surface area contributed by atoms with E-state index in [0.29, 0.717) is 11.1 Å². The van der Waals surface area contributed by atoms with Gasteiger partial charge in [0.1, 0.15) is 18.3 Å². The molecule has 6 N–H and O–H groups in total. The van der Waals surface area contributed by atoms with Gasteiger partial charge >= 0.3 is 12.0 Å². The molecule has 1 aliphatic rings. The Morgan fingerprint density at radius 2 is 1.53 bits per heavy atom. The summed E-state index contributed by atoms with van der Waals surface area (Å²) in [6.45, 7) is -0.285. The van der Waals surface area contributed by atoms with Gasteiger partial charge in [-0.3, -0.25) is 19.2 Å². The van der Waals surface area contributed by atoms with Gasteiger partial charge in [0.25, 0.3) is 5.91 Å². The maximum Gasteiger partial charge on any atom is 0.319 e. The Bertz CT molecular complexity index is 1760. The van der Waals surface area contributed by atoms with Crippen LogP contribution in [0.2, 0.25) is 0 Å². The smallest absolute Gasteiger partial charge is 0.319 e. The van der Waals surface area contributed by atoms with Crippen molar-refractivity contribution in [2.24, 2.45) is 0 Å². The average molecular weight is 636 g/mol. The van der Waals surface area contributed by atoms with E-state index in [4.69, 9.17) is 0 Å². The lowest BCUT2D eigenvalue weighted by molar-refractivity contribution is -0.137. The van der Waals surface area contributed by atoms with Crippen molar-refractivity contribution in [2.75, 3.05) is 17.2 Å². The van der Waals surface area contributed by atoms with Crippen LogP contribution in [0.25, 0.3) is 0 Å². The molecule has 240 valence electrons. The largest absolute Gasteiger partial charge is 0.508 e. The molecule has 0 saturated carbocycles. The molecule has 1 aliphatic heterocycles. The van der Waals surface area contributed by atoms with Crippen molar-refractivity contribution >= 4 is 41.1 Å². The number of carboxylic acid groups (broad SMARTS) is 1. The third kappa shape index (κ3) is 8.51. The number of fused-ring (bicyclic) bond motifs is 1. The standard InChI is InChI=1S/C35H33N5O7/c41-26-14-11-22(12-15-26)17-30-33(45)39-28-16-13-25(37-35(47)36-20-23-7-3-1-4-8-23)18-27(28)34(46)40(30)21-31(42)38-29(19-32(43)44)24-9-5-2-6-10-24/h1-16,18,29-30,41H,17,19-21H2,(H,38,42)(H,39,45)(H,43,44)(H2,36,37,47)/t29-,30+/m1/s1. The summed E-state index contributed by atoms with van der Waals surface area (Å²) in [6.07, 6.45) is -0.380. The molecule has 0 bridgehead atoms. The molecule has 4 aromatic rings. The van der Waals surface area contributed by atoms with Gasteiger partial charge < -0.3 is 36.4 Å². The van der Waals surface area contributed by atoms with E-state index in [1.807, 2.05) is 30.3 Å². The van der Waals surface area contributed by atoms with Gasteiger partial charge in [-0.2, -0.15) is 0 Å². The molecule has 2 atom stereocenters. The van der Waals surface area contributed by atoms with Crippen molar-refractivity contribution in [2.45, 2.75) is 31.5 Å². The van der Waals surface area contributed by atoms with E-state index in [9.17, 15) is 34.2 Å². The lowest BCUT2D eigenvalue weighted by Gasteiger charge is -2.29. The van der Waals surface area contributed by atoms with Crippen LogP contribution >= 0.6 is 0 Å². The van der Waals surface area contributed by atoms with Crippen molar-refractivity contribution < 1.29 is 34.2 Å². The van der Waals surface area contributed by atoms with Gasteiger partial charge in [0.2, 0.25) is 11.8 Å². The zero-order chi connectivity index (χ0) is 33.3. The molecule has 0 unspecified atom stereocenters. The van der Waals surface area contributed by atoms with Crippen LogP contribution in [0, 0.1) is 0 Å². The Labute approximate surface area is 270 Å². The second kappa shape index (κ2) is 14.7. The number of rotatable bonds is 11. The predicted octanol–water partition coefficient (Wildman–Crippen LogP) is 4.05. The van der Waals surface area contributed by atoms with E-state index in [-0.39, 0.29) is 35.7 Å². The number of urea groups is 1. The van der Waals surface area contributed by atoms with Crippen molar-refractivity contribution in [3.8, 4) is 5.75 Å². The van der Waals surface area contributed by atoms with E-state index >= 15 is 0 Å². The summed E-state index contributed by atoms with van der Waals surface area (Å²) in [5.74, 6) is -2.98. The molecular weight excluding hydrogens is 602 g/mol. The van der Waals surface area contributed by atoms with Crippen molar-refractivity contribution in [1.29, 1.82) is 0 Å². The monoisotopic (exact) mass is 635 g/mol. The SMILES string of the molecule is O=C(O)C[C@@H](NC(=O)CN1C(=O)c2cc(NC(=O)NCc3ccccc3)ccc2NC(=O)[C@@H]1Cc1ccc(O)cc1)c1ccccc1.